The number of piperidine rings is 1. The zero-order valence-corrected chi connectivity index (χ0v) is 12.4. The van der Waals surface area contributed by atoms with Crippen molar-refractivity contribution in [2.75, 3.05) is 13.1 Å². The molecule has 1 aromatic rings. The molecular formula is C13H19FN4O2S. The summed E-state index contributed by atoms with van der Waals surface area (Å²) >= 11 is 0. The fourth-order valence-corrected chi connectivity index (χ4v) is 3.48. The normalized spacial score (nSPS) is 16.8. The second kappa shape index (κ2) is 6.50. The molecule has 8 heteroatoms. The number of rotatable bonds is 5. The Hall–Kier alpha value is -1.51. The van der Waals surface area contributed by atoms with Crippen molar-refractivity contribution in [2.45, 2.75) is 25.8 Å². The first kappa shape index (κ1) is 15.9. The van der Waals surface area contributed by atoms with Gasteiger partial charge in [0.25, 0.3) is 10.2 Å². The molecule has 1 aliphatic heterocycles. The summed E-state index contributed by atoms with van der Waals surface area (Å²) in [4.78, 5) is 0. The van der Waals surface area contributed by atoms with Crippen molar-refractivity contribution in [3.05, 3.63) is 35.1 Å². The molecule has 0 unspecified atom stereocenters. The highest BCUT2D eigenvalue weighted by Gasteiger charge is 2.23. The van der Waals surface area contributed by atoms with Gasteiger partial charge in [-0.1, -0.05) is 18.6 Å². The van der Waals surface area contributed by atoms with Crippen LogP contribution in [0.1, 0.15) is 30.4 Å². The third-order valence-corrected chi connectivity index (χ3v) is 5.02. The molecule has 1 saturated heterocycles. The monoisotopic (exact) mass is 314 g/mol. The Morgan fingerprint density at radius 3 is 2.57 bits per heavy atom. The maximum atomic E-state index is 13.8. The first-order valence-corrected chi connectivity index (χ1v) is 8.22. The van der Waals surface area contributed by atoms with Gasteiger partial charge >= 0.3 is 0 Å². The van der Waals surface area contributed by atoms with Crippen LogP contribution in [-0.4, -0.2) is 31.6 Å². The zero-order chi connectivity index (χ0) is 15.5. The van der Waals surface area contributed by atoms with Crippen molar-refractivity contribution in [3.8, 4) is 0 Å². The van der Waals surface area contributed by atoms with E-state index < -0.39 is 16.0 Å². The number of nitrogen functional groups attached to an aromatic ring is 1. The Morgan fingerprint density at radius 1 is 1.33 bits per heavy atom. The van der Waals surface area contributed by atoms with Crippen LogP contribution < -0.4 is 10.5 Å². The molecule has 0 aromatic heterocycles. The Labute approximate surface area is 123 Å². The van der Waals surface area contributed by atoms with Gasteiger partial charge in [0.15, 0.2) is 0 Å². The van der Waals surface area contributed by atoms with Crippen LogP contribution in [0.2, 0.25) is 0 Å². The van der Waals surface area contributed by atoms with Crippen molar-refractivity contribution < 1.29 is 12.8 Å². The summed E-state index contributed by atoms with van der Waals surface area (Å²) < 4.78 is 41.8. The van der Waals surface area contributed by atoms with E-state index >= 15 is 0 Å². The van der Waals surface area contributed by atoms with Gasteiger partial charge in [0.05, 0.1) is 0 Å². The SMILES string of the molecule is N=C(N)c1ccc(CNS(=O)(=O)N2CCCCC2)c(F)c1. The molecule has 0 bridgehead atoms. The van der Waals surface area contributed by atoms with E-state index in [-0.39, 0.29) is 23.5 Å². The fraction of sp³-hybridized carbons (Fsp3) is 0.462. The summed E-state index contributed by atoms with van der Waals surface area (Å²) in [5.74, 6) is -0.807. The van der Waals surface area contributed by atoms with Gasteiger partial charge in [-0.2, -0.15) is 17.4 Å². The van der Waals surface area contributed by atoms with E-state index in [9.17, 15) is 12.8 Å². The van der Waals surface area contributed by atoms with Gasteiger partial charge in [0, 0.05) is 30.8 Å². The van der Waals surface area contributed by atoms with E-state index in [2.05, 4.69) is 4.72 Å². The van der Waals surface area contributed by atoms with Crippen LogP contribution >= 0.6 is 0 Å². The molecule has 0 saturated carbocycles. The van der Waals surface area contributed by atoms with E-state index in [1.807, 2.05) is 0 Å². The fourth-order valence-electron chi connectivity index (χ4n) is 2.22. The van der Waals surface area contributed by atoms with Crippen LogP contribution in [0.15, 0.2) is 18.2 Å². The molecule has 1 heterocycles. The smallest absolute Gasteiger partial charge is 0.279 e. The number of nitrogens with two attached hydrogens (primary N) is 1. The number of benzene rings is 1. The molecule has 21 heavy (non-hydrogen) atoms. The third-order valence-electron chi connectivity index (χ3n) is 3.46. The van der Waals surface area contributed by atoms with E-state index in [0.29, 0.717) is 13.1 Å². The molecule has 1 fully saturated rings. The predicted molar refractivity (Wildman–Crippen MR) is 78.6 cm³/mol. The molecule has 116 valence electrons. The summed E-state index contributed by atoms with van der Waals surface area (Å²) in [6.45, 7) is 0.880. The van der Waals surface area contributed by atoms with Crippen molar-refractivity contribution in [3.63, 3.8) is 0 Å². The van der Waals surface area contributed by atoms with Crippen LogP contribution in [0.25, 0.3) is 0 Å². The molecule has 1 aliphatic rings. The van der Waals surface area contributed by atoms with Crippen molar-refractivity contribution >= 4 is 16.0 Å². The van der Waals surface area contributed by atoms with Crippen LogP contribution in [0, 0.1) is 11.2 Å². The van der Waals surface area contributed by atoms with Crippen LogP contribution in [-0.2, 0) is 16.8 Å². The Kier molecular flexibility index (Phi) is 4.92. The quantitative estimate of drug-likeness (QED) is 0.557. The molecular weight excluding hydrogens is 295 g/mol. The van der Waals surface area contributed by atoms with Crippen LogP contribution in [0.3, 0.4) is 0 Å². The predicted octanol–water partition coefficient (Wildman–Crippen LogP) is 0.930. The largest absolute Gasteiger partial charge is 0.384 e. The number of amidine groups is 1. The summed E-state index contributed by atoms with van der Waals surface area (Å²) in [5.41, 5.74) is 5.77. The molecule has 0 aliphatic carbocycles. The molecule has 0 atom stereocenters. The van der Waals surface area contributed by atoms with Gasteiger partial charge in [0.2, 0.25) is 0 Å². The average Bonchev–Trinajstić information content (AvgIpc) is 2.46. The van der Waals surface area contributed by atoms with Crippen molar-refractivity contribution in [1.82, 2.24) is 9.03 Å². The Balaban J connectivity index is 2.03. The first-order valence-electron chi connectivity index (χ1n) is 6.78. The lowest BCUT2D eigenvalue weighted by atomic mass is 10.1. The highest BCUT2D eigenvalue weighted by Crippen LogP contribution is 2.14. The van der Waals surface area contributed by atoms with Crippen LogP contribution in [0.5, 0.6) is 0 Å². The average molecular weight is 314 g/mol. The summed E-state index contributed by atoms with van der Waals surface area (Å²) in [5, 5.41) is 7.23. The number of nitrogens with zero attached hydrogens (tertiary/aromatic N) is 1. The minimum absolute atomic E-state index is 0.122. The molecule has 0 amide bonds. The molecule has 0 spiro atoms. The minimum atomic E-state index is -3.58. The van der Waals surface area contributed by atoms with E-state index in [1.54, 1.807) is 0 Å². The summed E-state index contributed by atoms with van der Waals surface area (Å²) in [7, 11) is -3.58. The molecule has 2 rings (SSSR count). The Bertz CT molecular complexity index is 627. The number of hydrogen-bond donors (Lipinski definition) is 3. The lowest BCUT2D eigenvalue weighted by Gasteiger charge is -2.25. The van der Waals surface area contributed by atoms with Crippen molar-refractivity contribution in [2.24, 2.45) is 5.73 Å². The lowest BCUT2D eigenvalue weighted by molar-refractivity contribution is 0.341. The summed E-state index contributed by atoms with van der Waals surface area (Å²) in [6.07, 6.45) is 2.73. The van der Waals surface area contributed by atoms with Crippen LogP contribution in [0.4, 0.5) is 4.39 Å². The first-order chi connectivity index (χ1) is 9.90. The summed E-state index contributed by atoms with van der Waals surface area (Å²) in [6, 6.07) is 4.06. The maximum absolute atomic E-state index is 13.8. The Morgan fingerprint density at radius 2 is 2.00 bits per heavy atom. The number of halogens is 1. The lowest BCUT2D eigenvalue weighted by Crippen LogP contribution is -2.43. The van der Waals surface area contributed by atoms with Gasteiger partial charge < -0.3 is 5.73 Å². The highest BCUT2D eigenvalue weighted by atomic mass is 32.2. The van der Waals surface area contributed by atoms with E-state index in [1.165, 1.54) is 16.4 Å². The minimum Gasteiger partial charge on any atom is -0.384 e. The van der Waals surface area contributed by atoms with Gasteiger partial charge in [-0.05, 0) is 18.9 Å². The molecule has 1 aromatic carbocycles. The standard InChI is InChI=1S/C13H19FN4O2S/c14-12-8-10(13(15)16)4-5-11(12)9-17-21(19,20)18-6-2-1-3-7-18/h4-5,8,17H,1-3,6-7,9H2,(H3,15,16). The number of nitrogens with one attached hydrogen (secondary N) is 2. The van der Waals surface area contributed by atoms with Crippen molar-refractivity contribution in [1.29, 1.82) is 5.41 Å². The van der Waals surface area contributed by atoms with E-state index in [4.69, 9.17) is 11.1 Å². The van der Waals surface area contributed by atoms with Gasteiger partial charge in [-0.15, -0.1) is 0 Å². The molecule has 4 N–H and O–H groups in total. The second-order valence-corrected chi connectivity index (χ2v) is 6.76. The van der Waals surface area contributed by atoms with E-state index in [0.717, 1.165) is 25.3 Å². The van der Waals surface area contributed by atoms with Gasteiger partial charge in [-0.25, -0.2) is 4.39 Å². The zero-order valence-electron chi connectivity index (χ0n) is 11.6. The van der Waals surface area contributed by atoms with Gasteiger partial charge in [-0.3, -0.25) is 5.41 Å². The maximum Gasteiger partial charge on any atom is 0.279 e. The second-order valence-electron chi connectivity index (χ2n) is 5.01. The molecule has 0 radical (unpaired) electrons. The molecule has 6 nitrogen and oxygen atoms in total. The highest BCUT2D eigenvalue weighted by molar-refractivity contribution is 7.87. The topological polar surface area (TPSA) is 99.3 Å². The third kappa shape index (κ3) is 3.99. The van der Waals surface area contributed by atoms with Gasteiger partial charge in [0.1, 0.15) is 11.7 Å². The number of hydrogen-bond acceptors (Lipinski definition) is 3.